The van der Waals surface area contributed by atoms with Gasteiger partial charge in [0.15, 0.2) is 11.5 Å². The molecule has 0 spiro atoms. The molecule has 208 valence electrons. The van der Waals surface area contributed by atoms with E-state index < -0.39 is 11.9 Å². The molecule has 2 aliphatic heterocycles. The van der Waals surface area contributed by atoms with E-state index in [4.69, 9.17) is 15.2 Å². The number of carbonyl (C=O) groups is 2. The minimum Gasteiger partial charge on any atom is -0.481 e. The number of aliphatic carboxylic acids is 1. The molecule has 9 heteroatoms. The fourth-order valence-corrected chi connectivity index (χ4v) is 5.85. The number of nitrogens with zero attached hydrogens (tertiary/aromatic N) is 2. The highest BCUT2D eigenvalue weighted by molar-refractivity contribution is 5.79. The van der Waals surface area contributed by atoms with Crippen LogP contribution >= 0.6 is 0 Å². The molecule has 2 heterocycles. The van der Waals surface area contributed by atoms with E-state index in [2.05, 4.69) is 25.7 Å². The zero-order valence-electron chi connectivity index (χ0n) is 22.7. The van der Waals surface area contributed by atoms with Gasteiger partial charge in [0.05, 0.1) is 19.1 Å². The van der Waals surface area contributed by atoms with E-state index in [1.807, 2.05) is 17.0 Å². The fraction of sp³-hybridized carbons (Fsp3) is 0.714. The lowest BCUT2D eigenvalue weighted by Crippen LogP contribution is -2.45. The minimum atomic E-state index is -0.858. The summed E-state index contributed by atoms with van der Waals surface area (Å²) in [5.41, 5.74) is 7.11. The summed E-state index contributed by atoms with van der Waals surface area (Å²) in [7, 11) is 0. The van der Waals surface area contributed by atoms with Crippen LogP contribution in [0.4, 0.5) is 0 Å². The maximum Gasteiger partial charge on any atom is 0.308 e. The Morgan fingerprint density at radius 3 is 2.59 bits per heavy atom. The van der Waals surface area contributed by atoms with Crippen molar-refractivity contribution >= 4 is 11.9 Å². The molecule has 1 fully saturated rings. The van der Waals surface area contributed by atoms with Crippen LogP contribution in [0.1, 0.15) is 76.3 Å². The highest BCUT2D eigenvalue weighted by Crippen LogP contribution is 2.45. The first-order chi connectivity index (χ1) is 17.8. The second kappa shape index (κ2) is 14.0. The van der Waals surface area contributed by atoms with Gasteiger partial charge >= 0.3 is 5.97 Å². The average molecular weight is 520 g/mol. The summed E-state index contributed by atoms with van der Waals surface area (Å²) in [5.74, 6) is -0.452. The summed E-state index contributed by atoms with van der Waals surface area (Å²) in [4.78, 5) is 30.2. The first-order valence-corrected chi connectivity index (χ1v) is 13.8. The van der Waals surface area contributed by atoms with Gasteiger partial charge in [-0.05, 0) is 49.4 Å². The number of carbonyl (C=O) groups excluding carboxylic acids is 1. The van der Waals surface area contributed by atoms with Gasteiger partial charge in [-0.3, -0.25) is 14.5 Å². The second-order valence-corrected chi connectivity index (χ2v) is 10.5. The number of hydrogen-bond donors (Lipinski definition) is 3. The van der Waals surface area contributed by atoms with Gasteiger partial charge in [0.25, 0.3) is 0 Å². The van der Waals surface area contributed by atoms with E-state index in [9.17, 15) is 19.8 Å². The zero-order chi connectivity index (χ0) is 26.9. The van der Waals surface area contributed by atoms with Gasteiger partial charge in [0, 0.05) is 37.2 Å². The van der Waals surface area contributed by atoms with Gasteiger partial charge < -0.3 is 30.3 Å². The molecule has 0 bridgehead atoms. The van der Waals surface area contributed by atoms with Gasteiger partial charge in [0.1, 0.15) is 0 Å². The van der Waals surface area contributed by atoms with Crippen molar-refractivity contribution in [2.24, 2.45) is 17.6 Å². The van der Waals surface area contributed by atoms with Crippen LogP contribution in [0.25, 0.3) is 0 Å². The molecule has 2 aliphatic rings. The first kappa shape index (κ1) is 29.2. The standard InChI is InChI=1S/C28H45N3O6/c1-4-6-10-30(11-7-9-29)25(33)16-31-15-22(26(28(34)35)23(31)12-19(3)8-5-2)20-13-21(17-32)27-24(14-20)36-18-37-27/h13-14,19,22-23,26,32H,4-12,15-18,29H2,1-3H3,(H,34,35)/t19?,22-,23+,26-/m1/s1. The highest BCUT2D eigenvalue weighted by atomic mass is 16.7. The largest absolute Gasteiger partial charge is 0.481 e. The van der Waals surface area contributed by atoms with Crippen LogP contribution in [0.15, 0.2) is 12.1 Å². The van der Waals surface area contributed by atoms with Crippen molar-refractivity contribution in [3.8, 4) is 11.5 Å². The lowest BCUT2D eigenvalue weighted by molar-refractivity contribution is -0.144. The van der Waals surface area contributed by atoms with Crippen LogP contribution < -0.4 is 15.2 Å². The van der Waals surface area contributed by atoms with Crippen molar-refractivity contribution < 1.29 is 29.3 Å². The maximum atomic E-state index is 13.5. The fourth-order valence-electron chi connectivity index (χ4n) is 5.85. The van der Waals surface area contributed by atoms with E-state index in [0.717, 1.165) is 37.7 Å². The smallest absolute Gasteiger partial charge is 0.308 e. The van der Waals surface area contributed by atoms with Crippen LogP contribution in [0.5, 0.6) is 11.5 Å². The van der Waals surface area contributed by atoms with Crippen LogP contribution in [-0.4, -0.2) is 77.4 Å². The molecule has 1 unspecified atom stereocenters. The van der Waals surface area contributed by atoms with Crippen LogP contribution in [0.3, 0.4) is 0 Å². The molecule has 4 atom stereocenters. The van der Waals surface area contributed by atoms with Crippen molar-refractivity contribution in [1.82, 2.24) is 9.80 Å². The normalized spacial score (nSPS) is 21.8. The number of amides is 1. The zero-order valence-corrected chi connectivity index (χ0v) is 22.7. The molecule has 1 aromatic rings. The Morgan fingerprint density at radius 1 is 1.19 bits per heavy atom. The molecule has 1 saturated heterocycles. The van der Waals surface area contributed by atoms with Crippen molar-refractivity contribution in [3.05, 3.63) is 23.3 Å². The summed E-state index contributed by atoms with van der Waals surface area (Å²) >= 11 is 0. The predicted octanol–water partition coefficient (Wildman–Crippen LogP) is 3.18. The third-order valence-corrected chi connectivity index (χ3v) is 7.73. The number of unbranched alkanes of at least 4 members (excludes halogenated alkanes) is 1. The molecular weight excluding hydrogens is 474 g/mol. The average Bonchev–Trinajstić information content (AvgIpc) is 3.48. The van der Waals surface area contributed by atoms with E-state index in [1.165, 1.54) is 0 Å². The van der Waals surface area contributed by atoms with Crippen molar-refractivity contribution in [2.45, 2.75) is 77.9 Å². The van der Waals surface area contributed by atoms with Crippen LogP contribution in [-0.2, 0) is 16.2 Å². The molecule has 0 aliphatic carbocycles. The van der Waals surface area contributed by atoms with Gasteiger partial charge in [0.2, 0.25) is 12.7 Å². The number of rotatable bonds is 15. The van der Waals surface area contributed by atoms with Crippen LogP contribution in [0.2, 0.25) is 0 Å². The number of carboxylic acids is 1. The lowest BCUT2D eigenvalue weighted by atomic mass is 9.81. The molecule has 37 heavy (non-hydrogen) atoms. The molecule has 4 N–H and O–H groups in total. The Labute approximate surface area is 220 Å². The summed E-state index contributed by atoms with van der Waals surface area (Å²) < 4.78 is 11.1. The number of ether oxygens (including phenoxy) is 2. The summed E-state index contributed by atoms with van der Waals surface area (Å²) in [5, 5.41) is 20.4. The van der Waals surface area contributed by atoms with E-state index >= 15 is 0 Å². The molecular formula is C28H45N3O6. The molecule has 0 radical (unpaired) electrons. The Bertz CT molecular complexity index is 902. The van der Waals surface area contributed by atoms with Gasteiger partial charge in [-0.15, -0.1) is 0 Å². The van der Waals surface area contributed by atoms with E-state index in [0.29, 0.717) is 55.6 Å². The predicted molar refractivity (Wildman–Crippen MR) is 142 cm³/mol. The summed E-state index contributed by atoms with van der Waals surface area (Å²) in [6, 6.07) is 3.41. The SMILES string of the molecule is CCCCN(CCCN)C(=O)CN1C[C@H](c2cc(CO)c3c(c2)OCO3)[C@@H](C(=O)O)[C@@H]1CC(C)CCC. The minimum absolute atomic E-state index is 0.0292. The number of aliphatic hydroxyl groups is 1. The quantitative estimate of drug-likeness (QED) is 0.323. The van der Waals surface area contributed by atoms with E-state index in [1.54, 1.807) is 0 Å². The number of aliphatic hydroxyl groups excluding tert-OH is 1. The van der Waals surface area contributed by atoms with Gasteiger partial charge in [-0.1, -0.05) is 40.0 Å². The van der Waals surface area contributed by atoms with Crippen LogP contribution in [0, 0.1) is 11.8 Å². The van der Waals surface area contributed by atoms with Gasteiger partial charge in [-0.25, -0.2) is 0 Å². The molecule has 1 aromatic carbocycles. The Morgan fingerprint density at radius 2 is 1.95 bits per heavy atom. The monoisotopic (exact) mass is 519 g/mol. The number of hydrogen-bond acceptors (Lipinski definition) is 7. The second-order valence-electron chi connectivity index (χ2n) is 10.5. The number of nitrogens with two attached hydrogens (primary N) is 1. The Kier molecular flexibility index (Phi) is 11.0. The third-order valence-electron chi connectivity index (χ3n) is 7.73. The maximum absolute atomic E-state index is 13.5. The van der Waals surface area contributed by atoms with Crippen molar-refractivity contribution in [1.29, 1.82) is 0 Å². The molecule has 1 amide bonds. The van der Waals surface area contributed by atoms with Crippen molar-refractivity contribution in [2.75, 3.05) is 39.5 Å². The highest BCUT2D eigenvalue weighted by Gasteiger charge is 2.48. The number of fused-ring (bicyclic) bond motifs is 1. The molecule has 0 aromatic heterocycles. The topological polar surface area (TPSA) is 126 Å². The summed E-state index contributed by atoms with van der Waals surface area (Å²) in [6.45, 7) is 8.73. The summed E-state index contributed by atoms with van der Waals surface area (Å²) in [6.07, 6.45) is 5.41. The van der Waals surface area contributed by atoms with E-state index in [-0.39, 0.29) is 37.8 Å². The number of likely N-dealkylation sites (tertiary alicyclic amines) is 1. The first-order valence-electron chi connectivity index (χ1n) is 13.8. The molecule has 0 saturated carbocycles. The molecule has 9 nitrogen and oxygen atoms in total. The Hall–Kier alpha value is -2.36. The Balaban J connectivity index is 1.92. The molecule has 3 rings (SSSR count). The van der Waals surface area contributed by atoms with Crippen molar-refractivity contribution in [3.63, 3.8) is 0 Å². The lowest BCUT2D eigenvalue weighted by Gasteiger charge is -2.31. The third kappa shape index (κ3) is 7.15. The number of carboxylic acid groups (broad SMARTS) is 1. The number of benzene rings is 1. The van der Waals surface area contributed by atoms with Gasteiger partial charge in [-0.2, -0.15) is 0 Å².